The summed E-state index contributed by atoms with van der Waals surface area (Å²) >= 11 is 0. The lowest BCUT2D eigenvalue weighted by Crippen LogP contribution is -2.27. The standard InChI is InChI=1S/C13H18FNO/c1-13(5-6-13)9-15-8-12(16)10-3-2-4-11(14)7-10/h2-4,7,12,15-16H,5-6,8-9H2,1H3. The molecule has 0 spiro atoms. The third-order valence-corrected chi connectivity index (χ3v) is 3.23. The fourth-order valence-corrected chi connectivity index (χ4v) is 1.73. The molecule has 1 atom stereocenters. The molecule has 1 aliphatic rings. The van der Waals surface area contributed by atoms with E-state index in [1.165, 1.54) is 25.0 Å². The first-order chi connectivity index (χ1) is 7.59. The molecule has 0 heterocycles. The molecule has 1 aromatic rings. The van der Waals surface area contributed by atoms with Crippen LogP contribution in [0.2, 0.25) is 0 Å². The SMILES string of the molecule is CC1(CNCC(O)c2cccc(F)c2)CC1. The highest BCUT2D eigenvalue weighted by Gasteiger charge is 2.36. The Morgan fingerprint density at radius 2 is 2.25 bits per heavy atom. The molecule has 88 valence electrons. The molecule has 1 aliphatic carbocycles. The van der Waals surface area contributed by atoms with Crippen LogP contribution < -0.4 is 5.32 Å². The van der Waals surface area contributed by atoms with Crippen LogP contribution in [0, 0.1) is 11.2 Å². The summed E-state index contributed by atoms with van der Waals surface area (Å²) in [6.45, 7) is 3.65. The first-order valence-electron chi connectivity index (χ1n) is 5.73. The van der Waals surface area contributed by atoms with E-state index in [0.29, 0.717) is 17.5 Å². The minimum atomic E-state index is -0.627. The Balaban J connectivity index is 1.80. The zero-order valence-electron chi connectivity index (χ0n) is 9.54. The Morgan fingerprint density at radius 1 is 1.50 bits per heavy atom. The second-order valence-electron chi connectivity index (χ2n) is 5.01. The van der Waals surface area contributed by atoms with Gasteiger partial charge in [-0.3, -0.25) is 0 Å². The summed E-state index contributed by atoms with van der Waals surface area (Å²) in [7, 11) is 0. The highest BCUT2D eigenvalue weighted by atomic mass is 19.1. The molecule has 1 fully saturated rings. The Bertz CT molecular complexity index is 363. The van der Waals surface area contributed by atoms with Crippen molar-refractivity contribution < 1.29 is 9.50 Å². The summed E-state index contributed by atoms with van der Waals surface area (Å²) in [4.78, 5) is 0. The van der Waals surface area contributed by atoms with Crippen molar-refractivity contribution in [2.75, 3.05) is 13.1 Å². The molecule has 3 heteroatoms. The number of hydrogen-bond donors (Lipinski definition) is 2. The fourth-order valence-electron chi connectivity index (χ4n) is 1.73. The molecule has 0 saturated heterocycles. The van der Waals surface area contributed by atoms with Crippen LogP contribution in [-0.2, 0) is 0 Å². The molecule has 1 saturated carbocycles. The Hall–Kier alpha value is -0.930. The molecule has 2 rings (SSSR count). The number of halogens is 1. The molecule has 16 heavy (non-hydrogen) atoms. The van der Waals surface area contributed by atoms with Crippen molar-refractivity contribution >= 4 is 0 Å². The van der Waals surface area contributed by atoms with Gasteiger partial charge in [0.2, 0.25) is 0 Å². The van der Waals surface area contributed by atoms with E-state index in [2.05, 4.69) is 12.2 Å². The number of rotatable bonds is 5. The van der Waals surface area contributed by atoms with E-state index >= 15 is 0 Å². The molecular formula is C13H18FNO. The van der Waals surface area contributed by atoms with Gasteiger partial charge in [0.25, 0.3) is 0 Å². The largest absolute Gasteiger partial charge is 0.387 e. The molecule has 1 unspecified atom stereocenters. The Labute approximate surface area is 95.5 Å². The van der Waals surface area contributed by atoms with Crippen molar-refractivity contribution in [3.8, 4) is 0 Å². The van der Waals surface area contributed by atoms with Gasteiger partial charge in [-0.1, -0.05) is 19.1 Å². The highest BCUT2D eigenvalue weighted by molar-refractivity contribution is 5.18. The quantitative estimate of drug-likeness (QED) is 0.802. The highest BCUT2D eigenvalue weighted by Crippen LogP contribution is 2.44. The third-order valence-electron chi connectivity index (χ3n) is 3.23. The first kappa shape index (κ1) is 11.6. The molecule has 0 bridgehead atoms. The second-order valence-corrected chi connectivity index (χ2v) is 5.01. The minimum Gasteiger partial charge on any atom is -0.387 e. The van der Waals surface area contributed by atoms with E-state index in [-0.39, 0.29) is 5.82 Å². The van der Waals surface area contributed by atoms with Crippen LogP contribution in [0.3, 0.4) is 0 Å². The number of aliphatic hydroxyl groups is 1. The summed E-state index contributed by atoms with van der Waals surface area (Å²) in [5.74, 6) is -0.300. The van der Waals surface area contributed by atoms with Gasteiger partial charge < -0.3 is 10.4 Å². The van der Waals surface area contributed by atoms with Gasteiger partial charge >= 0.3 is 0 Å². The third kappa shape index (κ3) is 3.03. The lowest BCUT2D eigenvalue weighted by Gasteiger charge is -2.14. The van der Waals surface area contributed by atoms with Crippen molar-refractivity contribution in [2.24, 2.45) is 5.41 Å². The maximum atomic E-state index is 12.9. The van der Waals surface area contributed by atoms with Crippen molar-refractivity contribution in [2.45, 2.75) is 25.9 Å². The molecular weight excluding hydrogens is 205 g/mol. The molecule has 0 aliphatic heterocycles. The van der Waals surface area contributed by atoms with Gasteiger partial charge in [-0.15, -0.1) is 0 Å². The van der Waals surface area contributed by atoms with E-state index < -0.39 is 6.10 Å². The van der Waals surface area contributed by atoms with Crippen LogP contribution in [0.5, 0.6) is 0 Å². The maximum absolute atomic E-state index is 12.9. The molecule has 0 aromatic heterocycles. The summed E-state index contributed by atoms with van der Waals surface area (Å²) < 4.78 is 12.9. The second kappa shape index (κ2) is 4.52. The fraction of sp³-hybridized carbons (Fsp3) is 0.538. The Kier molecular flexibility index (Phi) is 3.26. The smallest absolute Gasteiger partial charge is 0.123 e. The van der Waals surface area contributed by atoms with Crippen LogP contribution in [0.4, 0.5) is 4.39 Å². The summed E-state index contributed by atoms with van der Waals surface area (Å²) in [6.07, 6.45) is 1.89. The van der Waals surface area contributed by atoms with E-state index in [9.17, 15) is 9.50 Å². The van der Waals surface area contributed by atoms with Crippen LogP contribution in [0.25, 0.3) is 0 Å². The van der Waals surface area contributed by atoms with E-state index in [1.807, 2.05) is 0 Å². The van der Waals surface area contributed by atoms with Crippen molar-refractivity contribution in [3.63, 3.8) is 0 Å². The summed E-state index contributed by atoms with van der Waals surface area (Å²) in [5.41, 5.74) is 1.07. The first-order valence-corrected chi connectivity index (χ1v) is 5.73. The van der Waals surface area contributed by atoms with Crippen LogP contribution in [0.15, 0.2) is 24.3 Å². The van der Waals surface area contributed by atoms with Gasteiger partial charge in [0, 0.05) is 13.1 Å². The zero-order chi connectivity index (χ0) is 11.6. The Morgan fingerprint density at radius 3 is 2.88 bits per heavy atom. The lowest BCUT2D eigenvalue weighted by molar-refractivity contribution is 0.172. The van der Waals surface area contributed by atoms with E-state index in [1.54, 1.807) is 12.1 Å². The number of hydrogen-bond acceptors (Lipinski definition) is 2. The monoisotopic (exact) mass is 223 g/mol. The maximum Gasteiger partial charge on any atom is 0.123 e. The number of aliphatic hydroxyl groups excluding tert-OH is 1. The van der Waals surface area contributed by atoms with E-state index in [4.69, 9.17) is 0 Å². The average Bonchev–Trinajstić information content (AvgIpc) is 2.96. The molecule has 2 nitrogen and oxygen atoms in total. The number of benzene rings is 1. The normalized spacial score (nSPS) is 19.4. The number of nitrogens with one attached hydrogen (secondary N) is 1. The molecule has 2 N–H and O–H groups in total. The van der Waals surface area contributed by atoms with Gasteiger partial charge in [-0.25, -0.2) is 4.39 Å². The van der Waals surface area contributed by atoms with Crippen LogP contribution in [-0.4, -0.2) is 18.2 Å². The van der Waals surface area contributed by atoms with Gasteiger partial charge in [-0.2, -0.15) is 0 Å². The van der Waals surface area contributed by atoms with Gasteiger partial charge in [0.15, 0.2) is 0 Å². The predicted molar refractivity (Wildman–Crippen MR) is 61.6 cm³/mol. The van der Waals surface area contributed by atoms with Gasteiger partial charge in [-0.05, 0) is 36.0 Å². The summed E-state index contributed by atoms with van der Waals surface area (Å²) in [5, 5.41) is 13.1. The van der Waals surface area contributed by atoms with Crippen LogP contribution in [0.1, 0.15) is 31.4 Å². The topological polar surface area (TPSA) is 32.3 Å². The molecule has 0 radical (unpaired) electrons. The van der Waals surface area contributed by atoms with Crippen molar-refractivity contribution in [1.29, 1.82) is 0 Å². The lowest BCUT2D eigenvalue weighted by atomic mass is 10.1. The molecule has 1 aromatic carbocycles. The zero-order valence-corrected chi connectivity index (χ0v) is 9.54. The van der Waals surface area contributed by atoms with Crippen molar-refractivity contribution in [3.05, 3.63) is 35.6 Å². The minimum absolute atomic E-state index is 0.300. The van der Waals surface area contributed by atoms with Gasteiger partial charge in [0.1, 0.15) is 5.82 Å². The predicted octanol–water partition coefficient (Wildman–Crippen LogP) is 2.25. The van der Waals surface area contributed by atoms with Crippen molar-refractivity contribution in [1.82, 2.24) is 5.32 Å². The summed E-state index contributed by atoms with van der Waals surface area (Å²) in [6, 6.07) is 6.13. The average molecular weight is 223 g/mol. The van der Waals surface area contributed by atoms with Gasteiger partial charge in [0.05, 0.1) is 6.10 Å². The molecule has 0 amide bonds. The van der Waals surface area contributed by atoms with Crippen LogP contribution >= 0.6 is 0 Å². The van der Waals surface area contributed by atoms with E-state index in [0.717, 1.165) is 6.54 Å².